The molecule has 0 aliphatic carbocycles. The molecule has 228 valence electrons. The molecule has 2 aromatic carbocycles. The van der Waals surface area contributed by atoms with E-state index in [1.165, 1.54) is 12.8 Å². The van der Waals surface area contributed by atoms with Gasteiger partial charge in [-0.25, -0.2) is 14.8 Å². The molecule has 1 fully saturated rings. The van der Waals surface area contributed by atoms with E-state index in [1.54, 1.807) is 4.90 Å². The Morgan fingerprint density at radius 3 is 2.43 bits per heavy atom. The summed E-state index contributed by atoms with van der Waals surface area (Å²) in [5.41, 5.74) is 6.65. The average Bonchev–Trinajstić information content (AvgIpc) is 3.80. The molecule has 0 spiro atoms. The second kappa shape index (κ2) is 12.3. The maximum atomic E-state index is 12.8. The monoisotopic (exact) mass is 590 g/mol. The number of amides is 1. The summed E-state index contributed by atoms with van der Waals surface area (Å²) in [5, 5.41) is 1.07. The smallest absolute Gasteiger partial charge is 0.410 e. The Balaban J connectivity index is 1.16. The normalized spacial score (nSPS) is 16.0. The largest absolute Gasteiger partial charge is 0.444 e. The van der Waals surface area contributed by atoms with Crippen molar-refractivity contribution in [1.82, 2.24) is 29.8 Å². The van der Waals surface area contributed by atoms with Gasteiger partial charge in [-0.1, -0.05) is 63.1 Å². The highest BCUT2D eigenvalue weighted by Crippen LogP contribution is 2.34. The molecule has 2 N–H and O–H groups in total. The van der Waals surface area contributed by atoms with Gasteiger partial charge in [0.2, 0.25) is 0 Å². The highest BCUT2D eigenvalue weighted by molar-refractivity contribution is 5.87. The zero-order valence-corrected chi connectivity index (χ0v) is 26.4. The van der Waals surface area contributed by atoms with Crippen LogP contribution in [-0.4, -0.2) is 48.1 Å². The van der Waals surface area contributed by atoms with Crippen molar-refractivity contribution in [1.29, 1.82) is 0 Å². The fourth-order valence-corrected chi connectivity index (χ4v) is 5.91. The number of aromatic nitrogens is 5. The Kier molecular flexibility index (Phi) is 8.25. The number of imidazole rings is 2. The van der Waals surface area contributed by atoms with E-state index in [4.69, 9.17) is 9.72 Å². The zero-order chi connectivity index (χ0) is 30.8. The number of pyridine rings is 1. The molecule has 6 rings (SSSR count). The van der Waals surface area contributed by atoms with Gasteiger partial charge in [-0.2, -0.15) is 0 Å². The molecule has 1 amide bonds. The van der Waals surface area contributed by atoms with Crippen LogP contribution in [0.15, 0.2) is 67.1 Å². The van der Waals surface area contributed by atoms with Gasteiger partial charge in [0.25, 0.3) is 0 Å². The summed E-state index contributed by atoms with van der Waals surface area (Å²) in [6.07, 6.45) is 10.8. The van der Waals surface area contributed by atoms with Gasteiger partial charge in [0.1, 0.15) is 17.2 Å². The summed E-state index contributed by atoms with van der Waals surface area (Å²) >= 11 is 0. The van der Waals surface area contributed by atoms with Gasteiger partial charge in [-0.15, -0.1) is 0 Å². The maximum Gasteiger partial charge on any atom is 0.410 e. The molecule has 8 nitrogen and oxygen atoms in total. The van der Waals surface area contributed by atoms with Crippen molar-refractivity contribution in [3.8, 4) is 33.6 Å². The lowest BCUT2D eigenvalue weighted by Crippen LogP contribution is -2.36. The van der Waals surface area contributed by atoms with Crippen LogP contribution in [0.25, 0.3) is 44.5 Å². The fraction of sp³-hybridized carbons (Fsp3) is 0.389. The average molecular weight is 591 g/mol. The topological polar surface area (TPSA) is 99.8 Å². The molecule has 4 heterocycles. The van der Waals surface area contributed by atoms with Crippen molar-refractivity contribution in [2.75, 3.05) is 6.54 Å². The number of nitrogens with one attached hydrogen (secondary N) is 2. The minimum atomic E-state index is -0.531. The highest BCUT2D eigenvalue weighted by Gasteiger charge is 2.34. The van der Waals surface area contributed by atoms with E-state index in [2.05, 4.69) is 82.3 Å². The fourth-order valence-electron chi connectivity index (χ4n) is 5.91. The maximum absolute atomic E-state index is 12.8. The molecular weight excluding hydrogens is 548 g/mol. The number of H-pyrrole nitrogens is 2. The van der Waals surface area contributed by atoms with Crippen LogP contribution in [0.2, 0.25) is 0 Å². The lowest BCUT2D eigenvalue weighted by molar-refractivity contribution is 0.0218. The van der Waals surface area contributed by atoms with Crippen LogP contribution in [0.5, 0.6) is 0 Å². The number of ether oxygens (including phenoxy) is 1. The van der Waals surface area contributed by atoms with E-state index in [-0.39, 0.29) is 12.1 Å². The summed E-state index contributed by atoms with van der Waals surface area (Å²) in [4.78, 5) is 35.6. The number of hydrogen-bond donors (Lipinski definition) is 2. The molecule has 0 saturated carbocycles. The highest BCUT2D eigenvalue weighted by atomic mass is 16.6. The van der Waals surface area contributed by atoms with Gasteiger partial charge in [-0.3, -0.25) is 9.88 Å². The zero-order valence-electron chi connectivity index (χ0n) is 26.4. The molecular formula is C36H42N6O2. The summed E-state index contributed by atoms with van der Waals surface area (Å²) in [6.45, 7) is 10.8. The number of carbonyl (C=O) groups is 1. The number of rotatable bonds is 8. The number of carbonyl (C=O) groups excluding carboxylic acids is 1. The minimum Gasteiger partial charge on any atom is -0.444 e. The summed E-state index contributed by atoms with van der Waals surface area (Å²) in [7, 11) is 0. The number of benzene rings is 2. The summed E-state index contributed by atoms with van der Waals surface area (Å²) in [6, 6.07) is 16.9. The van der Waals surface area contributed by atoms with Crippen LogP contribution in [0.1, 0.15) is 90.3 Å². The van der Waals surface area contributed by atoms with Gasteiger partial charge < -0.3 is 14.7 Å². The SMILES string of the molecule is CCCC[C@H](C)c1ncc(-c2ccc(-c3cnc4cc(-c5cnc([C@@H]6CCCN6C(=O)OC(C)(C)C)[nH]5)ccc4c3)cc2)[nH]1. The van der Waals surface area contributed by atoms with Gasteiger partial charge >= 0.3 is 6.09 Å². The Bertz CT molecular complexity index is 1750. The minimum absolute atomic E-state index is 0.115. The van der Waals surface area contributed by atoms with Gasteiger partial charge in [0.05, 0.1) is 35.3 Å². The molecule has 5 aromatic rings. The van der Waals surface area contributed by atoms with Gasteiger partial charge in [0, 0.05) is 35.2 Å². The van der Waals surface area contributed by atoms with E-state index in [0.717, 1.165) is 75.5 Å². The Morgan fingerprint density at radius 1 is 0.932 bits per heavy atom. The number of fused-ring (bicyclic) bond motifs is 1. The summed E-state index contributed by atoms with van der Waals surface area (Å²) < 4.78 is 5.63. The van der Waals surface area contributed by atoms with E-state index >= 15 is 0 Å². The third-order valence-electron chi connectivity index (χ3n) is 8.37. The van der Waals surface area contributed by atoms with Crippen molar-refractivity contribution in [3.63, 3.8) is 0 Å². The standard InChI is InChI=1S/C36H42N6O2/c1-6-7-9-23(2)33-38-21-30(40-33)25-13-11-24(12-14-25)28-18-26-15-16-27(19-29(26)37-20-28)31-22-39-34(41-31)32-10-8-17-42(32)35(43)44-36(3,4)5/h11-16,18-23,32H,6-10,17H2,1-5H3,(H,38,40)(H,39,41)/t23-,32-/m0/s1. The van der Waals surface area contributed by atoms with Crippen LogP contribution in [-0.2, 0) is 4.74 Å². The van der Waals surface area contributed by atoms with Crippen LogP contribution in [0.4, 0.5) is 4.79 Å². The molecule has 1 aliphatic rings. The number of aromatic amines is 2. The second-order valence-corrected chi connectivity index (χ2v) is 12.9. The number of unbranched alkanes of at least 4 members (excludes halogenated alkanes) is 1. The quantitative estimate of drug-likeness (QED) is 0.188. The van der Waals surface area contributed by atoms with Crippen LogP contribution >= 0.6 is 0 Å². The van der Waals surface area contributed by atoms with Crippen LogP contribution < -0.4 is 0 Å². The number of likely N-dealkylation sites (tertiary alicyclic amines) is 1. The Labute approximate surface area is 259 Å². The lowest BCUT2D eigenvalue weighted by Gasteiger charge is -2.27. The molecule has 8 heteroatoms. The predicted molar refractivity (Wildman–Crippen MR) is 175 cm³/mol. The molecule has 2 atom stereocenters. The Morgan fingerprint density at radius 2 is 1.66 bits per heavy atom. The van der Waals surface area contributed by atoms with E-state index in [0.29, 0.717) is 12.5 Å². The van der Waals surface area contributed by atoms with Crippen molar-refractivity contribution in [2.45, 2.75) is 84.3 Å². The van der Waals surface area contributed by atoms with E-state index in [9.17, 15) is 4.79 Å². The van der Waals surface area contributed by atoms with Crippen LogP contribution in [0.3, 0.4) is 0 Å². The first-order chi connectivity index (χ1) is 21.2. The number of hydrogen-bond acceptors (Lipinski definition) is 5. The van der Waals surface area contributed by atoms with Gasteiger partial charge in [0.15, 0.2) is 0 Å². The molecule has 0 unspecified atom stereocenters. The first-order valence-corrected chi connectivity index (χ1v) is 15.8. The third kappa shape index (κ3) is 6.39. The van der Waals surface area contributed by atoms with Crippen molar-refractivity contribution < 1.29 is 9.53 Å². The molecule has 0 radical (unpaired) electrons. The molecule has 1 aliphatic heterocycles. The Hall–Kier alpha value is -4.46. The molecule has 44 heavy (non-hydrogen) atoms. The third-order valence-corrected chi connectivity index (χ3v) is 8.37. The molecule has 3 aromatic heterocycles. The summed E-state index contributed by atoms with van der Waals surface area (Å²) in [5.74, 6) is 2.28. The molecule has 1 saturated heterocycles. The van der Waals surface area contributed by atoms with E-state index in [1.807, 2.05) is 39.4 Å². The van der Waals surface area contributed by atoms with Gasteiger partial charge in [-0.05, 0) is 63.3 Å². The van der Waals surface area contributed by atoms with Crippen molar-refractivity contribution in [3.05, 3.63) is 78.8 Å². The molecule has 0 bridgehead atoms. The van der Waals surface area contributed by atoms with E-state index < -0.39 is 5.60 Å². The predicted octanol–water partition coefficient (Wildman–Crippen LogP) is 9.05. The number of nitrogens with zero attached hydrogens (tertiary/aromatic N) is 4. The van der Waals surface area contributed by atoms with Crippen molar-refractivity contribution in [2.24, 2.45) is 0 Å². The van der Waals surface area contributed by atoms with Crippen LogP contribution in [0, 0.1) is 0 Å². The lowest BCUT2D eigenvalue weighted by atomic mass is 10.0. The van der Waals surface area contributed by atoms with Crippen molar-refractivity contribution >= 4 is 17.0 Å². The first kappa shape index (κ1) is 29.6. The second-order valence-electron chi connectivity index (χ2n) is 12.9. The first-order valence-electron chi connectivity index (χ1n) is 15.8.